The zero-order valence-corrected chi connectivity index (χ0v) is 17.9. The third-order valence-electron chi connectivity index (χ3n) is 5.51. The van der Waals surface area contributed by atoms with Gasteiger partial charge in [0.05, 0.1) is 17.9 Å². The lowest BCUT2D eigenvalue weighted by Crippen LogP contribution is -2.47. The summed E-state index contributed by atoms with van der Waals surface area (Å²) >= 11 is 0. The lowest BCUT2D eigenvalue weighted by Gasteiger charge is -2.29. The lowest BCUT2D eigenvalue weighted by atomic mass is 10.1. The van der Waals surface area contributed by atoms with Crippen LogP contribution in [0.1, 0.15) is 31.1 Å². The molecule has 4 rings (SSSR count). The molecule has 6 nitrogen and oxygen atoms in total. The molecule has 29 heavy (non-hydrogen) atoms. The Kier molecular flexibility index (Phi) is 8.89. The quantitative estimate of drug-likeness (QED) is 0.745. The number of carbonyl (C=O) groups excluding carboxylic acids is 1. The van der Waals surface area contributed by atoms with E-state index in [0.717, 1.165) is 69.2 Å². The molecule has 160 valence electrons. The molecule has 2 aliphatic rings. The maximum absolute atomic E-state index is 13.1. The molecule has 9 heteroatoms. The molecule has 0 spiro atoms. The van der Waals surface area contributed by atoms with E-state index < -0.39 is 0 Å². The van der Waals surface area contributed by atoms with Crippen molar-refractivity contribution in [3.05, 3.63) is 42.1 Å². The lowest BCUT2D eigenvalue weighted by molar-refractivity contribution is -0.132. The van der Waals surface area contributed by atoms with Crippen LogP contribution in [0.2, 0.25) is 0 Å². The highest BCUT2D eigenvalue weighted by atomic mass is 35.5. The van der Waals surface area contributed by atoms with Crippen molar-refractivity contribution in [3.63, 3.8) is 0 Å². The number of benzene rings is 1. The predicted octanol–water partition coefficient (Wildman–Crippen LogP) is 3.02. The molecule has 0 radical (unpaired) electrons. The second-order valence-corrected chi connectivity index (χ2v) is 7.26. The molecule has 2 N–H and O–H groups in total. The minimum Gasteiger partial charge on any atom is -0.341 e. The van der Waals surface area contributed by atoms with Crippen LogP contribution in [-0.4, -0.2) is 64.9 Å². The maximum atomic E-state index is 13.1. The fourth-order valence-corrected chi connectivity index (χ4v) is 4.00. The number of nitrogens with zero attached hydrogens (tertiary/aromatic N) is 3. The summed E-state index contributed by atoms with van der Waals surface area (Å²) in [5.74, 6) is 0.935. The number of H-pyrrole nitrogens is 1. The van der Waals surface area contributed by atoms with Crippen LogP contribution in [0.4, 0.5) is 4.39 Å². The van der Waals surface area contributed by atoms with Gasteiger partial charge in [0.1, 0.15) is 11.6 Å². The molecule has 1 atom stereocenters. The molecule has 1 aromatic carbocycles. The molecular formula is C20H28Cl2FN5O. The average molecular weight is 444 g/mol. The highest BCUT2D eigenvalue weighted by Gasteiger charge is 2.29. The molecule has 1 aromatic heterocycles. The number of aromatic amines is 1. The van der Waals surface area contributed by atoms with E-state index in [2.05, 4.69) is 20.2 Å². The van der Waals surface area contributed by atoms with Crippen LogP contribution in [-0.2, 0) is 4.79 Å². The van der Waals surface area contributed by atoms with Gasteiger partial charge in [0.2, 0.25) is 5.91 Å². The van der Waals surface area contributed by atoms with Crippen molar-refractivity contribution in [2.24, 2.45) is 0 Å². The number of likely N-dealkylation sites (tertiary alicyclic amines) is 1. The molecule has 0 bridgehead atoms. The van der Waals surface area contributed by atoms with Crippen molar-refractivity contribution >= 4 is 30.7 Å². The minimum atomic E-state index is -0.241. The van der Waals surface area contributed by atoms with Gasteiger partial charge in [-0.05, 0) is 49.2 Å². The topological polar surface area (TPSA) is 64.3 Å². The Balaban J connectivity index is 0.00000150. The number of piperazine rings is 1. The normalized spacial score (nSPS) is 19.5. The largest absolute Gasteiger partial charge is 0.341 e. The Bertz CT molecular complexity index is 779. The highest BCUT2D eigenvalue weighted by Crippen LogP contribution is 2.31. The summed E-state index contributed by atoms with van der Waals surface area (Å²) in [4.78, 5) is 24.7. The van der Waals surface area contributed by atoms with Crippen LogP contribution in [0.15, 0.2) is 30.5 Å². The van der Waals surface area contributed by atoms with E-state index in [1.54, 1.807) is 12.1 Å². The molecular weight excluding hydrogens is 416 g/mol. The first kappa shape index (κ1) is 23.6. The third kappa shape index (κ3) is 5.69. The number of hydrogen-bond acceptors (Lipinski definition) is 4. The van der Waals surface area contributed by atoms with Crippen LogP contribution < -0.4 is 5.32 Å². The smallest absolute Gasteiger partial charge is 0.223 e. The third-order valence-corrected chi connectivity index (χ3v) is 5.51. The first-order valence-electron chi connectivity index (χ1n) is 9.74. The van der Waals surface area contributed by atoms with E-state index >= 15 is 0 Å². The molecule has 2 fully saturated rings. The van der Waals surface area contributed by atoms with Gasteiger partial charge >= 0.3 is 0 Å². The number of halogens is 3. The van der Waals surface area contributed by atoms with E-state index in [9.17, 15) is 9.18 Å². The van der Waals surface area contributed by atoms with E-state index in [4.69, 9.17) is 0 Å². The van der Waals surface area contributed by atoms with Gasteiger partial charge in [-0.1, -0.05) is 0 Å². The molecule has 3 heterocycles. The Morgan fingerprint density at radius 3 is 2.59 bits per heavy atom. The number of carbonyl (C=O) groups is 1. The van der Waals surface area contributed by atoms with Crippen molar-refractivity contribution in [1.82, 2.24) is 25.1 Å². The maximum Gasteiger partial charge on any atom is 0.223 e. The molecule has 0 aliphatic carbocycles. The van der Waals surface area contributed by atoms with Gasteiger partial charge in [0.25, 0.3) is 0 Å². The van der Waals surface area contributed by atoms with Crippen molar-refractivity contribution in [1.29, 1.82) is 0 Å². The fourth-order valence-electron chi connectivity index (χ4n) is 4.00. The second-order valence-electron chi connectivity index (χ2n) is 7.26. The first-order chi connectivity index (χ1) is 13.2. The van der Waals surface area contributed by atoms with Crippen LogP contribution >= 0.6 is 24.8 Å². The number of hydrogen-bond donors (Lipinski definition) is 2. The monoisotopic (exact) mass is 443 g/mol. The summed E-state index contributed by atoms with van der Waals surface area (Å²) < 4.78 is 13.1. The minimum absolute atomic E-state index is 0. The van der Waals surface area contributed by atoms with Crippen molar-refractivity contribution in [2.75, 3.05) is 39.3 Å². The van der Waals surface area contributed by atoms with Gasteiger partial charge in [-0.25, -0.2) is 9.37 Å². The summed E-state index contributed by atoms with van der Waals surface area (Å²) in [6, 6.07) is 6.64. The van der Waals surface area contributed by atoms with E-state index in [0.29, 0.717) is 6.42 Å². The molecule has 0 saturated carbocycles. The number of aromatic nitrogens is 2. The fraction of sp³-hybridized carbons (Fsp3) is 0.500. The first-order valence-corrected chi connectivity index (χ1v) is 9.74. The van der Waals surface area contributed by atoms with Gasteiger partial charge < -0.3 is 15.2 Å². The number of rotatable bonds is 5. The predicted molar refractivity (Wildman–Crippen MR) is 116 cm³/mol. The summed E-state index contributed by atoms with van der Waals surface area (Å²) in [6.07, 6.45) is 4.52. The zero-order valence-electron chi connectivity index (χ0n) is 16.3. The Labute approximate surface area is 183 Å². The standard InChI is InChI=1S/C20H26FN5O.2ClH/c21-16-5-3-15(4-6-16)17-14-23-20(24-17)18-2-1-10-25(18)11-7-19(27)26-12-8-22-9-13-26;;/h3-6,14,18,22H,1-2,7-13H2,(H,23,24);2*1H. The van der Waals surface area contributed by atoms with E-state index in [1.165, 1.54) is 12.1 Å². The van der Waals surface area contributed by atoms with Crippen molar-refractivity contribution in [2.45, 2.75) is 25.3 Å². The van der Waals surface area contributed by atoms with Gasteiger partial charge in [-0.15, -0.1) is 24.8 Å². The van der Waals surface area contributed by atoms with Crippen molar-refractivity contribution in [3.8, 4) is 11.3 Å². The number of nitrogens with one attached hydrogen (secondary N) is 2. The molecule has 2 aromatic rings. The summed E-state index contributed by atoms with van der Waals surface area (Å²) in [5.41, 5.74) is 1.82. The highest BCUT2D eigenvalue weighted by molar-refractivity contribution is 5.85. The zero-order chi connectivity index (χ0) is 18.6. The van der Waals surface area contributed by atoms with Gasteiger partial charge in [-0.3, -0.25) is 9.69 Å². The van der Waals surface area contributed by atoms with Gasteiger partial charge in [0.15, 0.2) is 0 Å². The molecule has 1 amide bonds. The van der Waals surface area contributed by atoms with Crippen LogP contribution in [0, 0.1) is 5.82 Å². The summed E-state index contributed by atoms with van der Waals surface area (Å²) in [7, 11) is 0. The van der Waals surface area contributed by atoms with Gasteiger partial charge in [0, 0.05) is 39.1 Å². The summed E-state index contributed by atoms with van der Waals surface area (Å²) in [6.45, 7) is 5.14. The average Bonchev–Trinajstić information content (AvgIpc) is 3.36. The van der Waals surface area contributed by atoms with E-state index in [1.807, 2.05) is 11.1 Å². The second kappa shape index (κ2) is 10.9. The van der Waals surface area contributed by atoms with Crippen LogP contribution in [0.3, 0.4) is 0 Å². The van der Waals surface area contributed by atoms with Gasteiger partial charge in [-0.2, -0.15) is 0 Å². The Morgan fingerprint density at radius 2 is 1.86 bits per heavy atom. The van der Waals surface area contributed by atoms with Crippen LogP contribution in [0.5, 0.6) is 0 Å². The number of amides is 1. The Morgan fingerprint density at radius 1 is 1.14 bits per heavy atom. The Hall–Kier alpha value is -1.67. The SMILES string of the molecule is Cl.Cl.O=C(CCN1CCCC1c1ncc(-c2ccc(F)cc2)[nH]1)N1CCNCC1. The van der Waals surface area contributed by atoms with Crippen LogP contribution in [0.25, 0.3) is 11.3 Å². The van der Waals surface area contributed by atoms with E-state index in [-0.39, 0.29) is 42.6 Å². The molecule has 2 saturated heterocycles. The molecule has 1 unspecified atom stereocenters. The van der Waals surface area contributed by atoms with Crippen molar-refractivity contribution < 1.29 is 9.18 Å². The number of imidazole rings is 1. The summed E-state index contributed by atoms with van der Waals surface area (Å²) in [5, 5.41) is 3.28. The molecule has 2 aliphatic heterocycles.